The Bertz CT molecular complexity index is 828. The number of rotatable bonds is 9. The molecule has 1 amide bonds. The number of hydrazine groups is 1. The zero-order chi connectivity index (χ0) is 20.6. The number of amides is 1. The molecular formula is C20H26FN5O3. The van der Waals surface area contributed by atoms with E-state index in [0.29, 0.717) is 30.0 Å². The van der Waals surface area contributed by atoms with Crippen LogP contribution in [0.4, 0.5) is 10.3 Å². The number of methoxy groups -OCH3 is 1. The minimum Gasteiger partial charge on any atom is -0.493 e. The molecule has 2 aromatic rings. The van der Waals surface area contributed by atoms with Gasteiger partial charge in [0.1, 0.15) is 11.5 Å². The molecule has 3 rings (SSSR count). The van der Waals surface area contributed by atoms with Crippen molar-refractivity contribution in [1.29, 1.82) is 0 Å². The maximum Gasteiger partial charge on any atom is 0.267 e. The lowest BCUT2D eigenvalue weighted by molar-refractivity contribution is 0.0995. The van der Waals surface area contributed by atoms with Crippen molar-refractivity contribution >= 4 is 11.9 Å². The SMILES string of the molecule is COc1ccc(F)cc1OCCCC1CCN(Nc2nccc(C(N)=O)n2)CC1. The van der Waals surface area contributed by atoms with Gasteiger partial charge in [0.25, 0.3) is 5.91 Å². The third kappa shape index (κ3) is 6.02. The molecule has 29 heavy (non-hydrogen) atoms. The van der Waals surface area contributed by atoms with E-state index in [9.17, 15) is 9.18 Å². The number of hydrogen-bond donors (Lipinski definition) is 2. The molecule has 1 aliphatic heterocycles. The number of aromatic nitrogens is 2. The van der Waals surface area contributed by atoms with Crippen LogP contribution in [0.1, 0.15) is 36.2 Å². The molecular weight excluding hydrogens is 377 g/mol. The van der Waals surface area contributed by atoms with Crippen LogP contribution in [0.2, 0.25) is 0 Å². The van der Waals surface area contributed by atoms with Gasteiger partial charge in [-0.1, -0.05) is 0 Å². The zero-order valence-corrected chi connectivity index (χ0v) is 16.4. The van der Waals surface area contributed by atoms with Gasteiger partial charge >= 0.3 is 0 Å². The quantitative estimate of drug-likeness (QED) is 0.621. The summed E-state index contributed by atoms with van der Waals surface area (Å²) in [6.45, 7) is 2.23. The monoisotopic (exact) mass is 403 g/mol. The fourth-order valence-electron chi connectivity index (χ4n) is 3.34. The smallest absolute Gasteiger partial charge is 0.267 e. The Labute approximate surface area is 169 Å². The third-order valence-electron chi connectivity index (χ3n) is 4.92. The number of hydrogen-bond acceptors (Lipinski definition) is 7. The minimum atomic E-state index is -0.577. The standard InChI is InChI=1S/C20H26FN5O3/c1-28-17-5-4-15(21)13-18(17)29-12-2-3-14-7-10-26(11-8-14)25-20-23-9-6-16(24-20)19(22)27/h4-6,9,13-14H,2-3,7-8,10-12H2,1H3,(H2,22,27)(H,23,24,25). The van der Waals surface area contributed by atoms with E-state index in [2.05, 4.69) is 15.4 Å². The summed E-state index contributed by atoms with van der Waals surface area (Å²) in [4.78, 5) is 19.4. The molecule has 0 atom stereocenters. The summed E-state index contributed by atoms with van der Waals surface area (Å²) < 4.78 is 24.2. The van der Waals surface area contributed by atoms with Crippen LogP contribution in [-0.2, 0) is 0 Å². The molecule has 1 fully saturated rings. The van der Waals surface area contributed by atoms with Gasteiger partial charge in [0.05, 0.1) is 13.7 Å². The van der Waals surface area contributed by atoms with Gasteiger partial charge in [-0.25, -0.2) is 19.4 Å². The molecule has 3 N–H and O–H groups in total. The van der Waals surface area contributed by atoms with Gasteiger partial charge in [-0.15, -0.1) is 0 Å². The van der Waals surface area contributed by atoms with E-state index >= 15 is 0 Å². The average molecular weight is 403 g/mol. The maximum absolute atomic E-state index is 13.4. The Morgan fingerprint density at radius 3 is 2.83 bits per heavy atom. The number of nitrogens with two attached hydrogens (primary N) is 1. The summed E-state index contributed by atoms with van der Waals surface area (Å²) in [5.74, 6) is 1.03. The fraction of sp³-hybridized carbons (Fsp3) is 0.450. The van der Waals surface area contributed by atoms with Crippen LogP contribution in [-0.4, -0.2) is 47.7 Å². The number of carbonyl (C=O) groups is 1. The summed E-state index contributed by atoms with van der Waals surface area (Å²) in [5, 5.41) is 2.05. The first-order valence-electron chi connectivity index (χ1n) is 9.66. The number of carbonyl (C=O) groups excluding carboxylic acids is 1. The van der Waals surface area contributed by atoms with Gasteiger partial charge in [-0.2, -0.15) is 0 Å². The third-order valence-corrected chi connectivity index (χ3v) is 4.92. The van der Waals surface area contributed by atoms with Crippen molar-refractivity contribution in [3.8, 4) is 11.5 Å². The highest BCUT2D eigenvalue weighted by molar-refractivity contribution is 5.90. The van der Waals surface area contributed by atoms with Crippen molar-refractivity contribution in [2.75, 3.05) is 32.2 Å². The Morgan fingerprint density at radius 2 is 2.10 bits per heavy atom. The van der Waals surface area contributed by atoms with E-state index in [1.165, 1.54) is 31.5 Å². The van der Waals surface area contributed by atoms with E-state index in [4.69, 9.17) is 15.2 Å². The molecule has 0 aliphatic carbocycles. The Balaban J connectivity index is 1.38. The zero-order valence-electron chi connectivity index (χ0n) is 16.4. The number of nitrogens with zero attached hydrogens (tertiary/aromatic N) is 3. The lowest BCUT2D eigenvalue weighted by Crippen LogP contribution is -2.38. The summed E-state index contributed by atoms with van der Waals surface area (Å²) >= 11 is 0. The first-order chi connectivity index (χ1) is 14.0. The molecule has 9 heteroatoms. The van der Waals surface area contributed by atoms with Crippen LogP contribution in [0.3, 0.4) is 0 Å². The predicted molar refractivity (Wildman–Crippen MR) is 106 cm³/mol. The molecule has 0 radical (unpaired) electrons. The number of piperidine rings is 1. The number of anilines is 1. The van der Waals surface area contributed by atoms with E-state index in [-0.39, 0.29) is 11.5 Å². The van der Waals surface area contributed by atoms with Crippen molar-refractivity contribution in [2.24, 2.45) is 11.7 Å². The van der Waals surface area contributed by atoms with Crippen molar-refractivity contribution in [3.63, 3.8) is 0 Å². The first kappa shape index (κ1) is 20.8. The van der Waals surface area contributed by atoms with Crippen LogP contribution >= 0.6 is 0 Å². The number of benzene rings is 1. The highest BCUT2D eigenvalue weighted by atomic mass is 19.1. The van der Waals surface area contributed by atoms with Crippen LogP contribution in [0.5, 0.6) is 11.5 Å². The average Bonchev–Trinajstić information content (AvgIpc) is 2.73. The van der Waals surface area contributed by atoms with Crippen molar-refractivity contribution in [2.45, 2.75) is 25.7 Å². The maximum atomic E-state index is 13.4. The number of primary amides is 1. The van der Waals surface area contributed by atoms with Gasteiger partial charge in [0.2, 0.25) is 5.95 Å². The molecule has 0 spiro atoms. The highest BCUT2D eigenvalue weighted by Crippen LogP contribution is 2.28. The van der Waals surface area contributed by atoms with Crippen LogP contribution < -0.4 is 20.6 Å². The van der Waals surface area contributed by atoms with Crippen molar-refractivity contribution in [1.82, 2.24) is 15.0 Å². The number of halogens is 1. The lowest BCUT2D eigenvalue weighted by atomic mass is 9.93. The molecule has 8 nitrogen and oxygen atoms in total. The van der Waals surface area contributed by atoms with E-state index < -0.39 is 5.91 Å². The summed E-state index contributed by atoms with van der Waals surface area (Å²) in [7, 11) is 1.54. The molecule has 1 aromatic heterocycles. The Kier molecular flexibility index (Phi) is 7.18. The van der Waals surface area contributed by atoms with Crippen LogP contribution in [0, 0.1) is 11.7 Å². The van der Waals surface area contributed by atoms with Gasteiger partial charge in [0.15, 0.2) is 11.5 Å². The highest BCUT2D eigenvalue weighted by Gasteiger charge is 2.20. The molecule has 156 valence electrons. The van der Waals surface area contributed by atoms with Crippen molar-refractivity contribution in [3.05, 3.63) is 42.0 Å². The minimum absolute atomic E-state index is 0.187. The first-order valence-corrected chi connectivity index (χ1v) is 9.66. The molecule has 2 heterocycles. The van der Waals surface area contributed by atoms with Crippen molar-refractivity contribution < 1.29 is 18.7 Å². The van der Waals surface area contributed by atoms with Gasteiger partial charge in [0, 0.05) is 25.4 Å². The summed E-state index contributed by atoms with van der Waals surface area (Å²) in [5.41, 5.74) is 8.57. The topological polar surface area (TPSA) is 103 Å². The van der Waals surface area contributed by atoms with Gasteiger partial charge in [-0.05, 0) is 49.8 Å². The summed E-state index contributed by atoms with van der Waals surface area (Å²) in [6, 6.07) is 5.75. The summed E-state index contributed by atoms with van der Waals surface area (Å²) in [6.07, 6.45) is 5.51. The molecule has 0 unspecified atom stereocenters. The van der Waals surface area contributed by atoms with Gasteiger partial charge in [-0.3, -0.25) is 10.2 Å². The van der Waals surface area contributed by atoms with E-state index in [1.54, 1.807) is 6.07 Å². The van der Waals surface area contributed by atoms with E-state index in [1.807, 2.05) is 5.01 Å². The largest absolute Gasteiger partial charge is 0.493 e. The number of ether oxygens (including phenoxy) is 2. The Hall–Kier alpha value is -2.94. The lowest BCUT2D eigenvalue weighted by Gasteiger charge is -2.32. The molecule has 1 saturated heterocycles. The second-order valence-corrected chi connectivity index (χ2v) is 6.96. The molecule has 1 aliphatic rings. The Morgan fingerprint density at radius 1 is 1.31 bits per heavy atom. The molecule has 0 bridgehead atoms. The molecule has 0 saturated carbocycles. The van der Waals surface area contributed by atoms with Crippen LogP contribution in [0.15, 0.2) is 30.5 Å². The normalized spacial score (nSPS) is 15.1. The number of nitrogens with one attached hydrogen (secondary N) is 1. The molecule has 1 aromatic carbocycles. The van der Waals surface area contributed by atoms with Crippen LogP contribution in [0.25, 0.3) is 0 Å². The fourth-order valence-corrected chi connectivity index (χ4v) is 3.34. The predicted octanol–water partition coefficient (Wildman–Crippen LogP) is 2.62. The second kappa shape index (κ2) is 10.0. The van der Waals surface area contributed by atoms with Gasteiger partial charge < -0.3 is 15.2 Å². The second-order valence-electron chi connectivity index (χ2n) is 6.96. The van der Waals surface area contributed by atoms with E-state index in [0.717, 1.165) is 38.8 Å².